The van der Waals surface area contributed by atoms with E-state index in [4.69, 9.17) is 0 Å². The second kappa shape index (κ2) is 5.67. The van der Waals surface area contributed by atoms with Crippen LogP contribution in [0, 0.1) is 0 Å². The molecule has 5 heteroatoms. The first-order valence-corrected chi connectivity index (χ1v) is 7.08. The standard InChI is InChI=1S/C14H12NO3S/c16-12-11-15(13-7-3-1-4-8-13)19(17,18)14-9-5-2-6-10-14/h1-10H,11H2. The smallest absolute Gasteiger partial charge is 0.264 e. The fourth-order valence-corrected chi connectivity index (χ4v) is 3.07. The molecule has 0 amide bonds. The number of sulfonamides is 1. The highest BCUT2D eigenvalue weighted by Gasteiger charge is 2.24. The first-order chi connectivity index (χ1) is 9.16. The van der Waals surface area contributed by atoms with E-state index >= 15 is 0 Å². The molecule has 2 aromatic rings. The van der Waals surface area contributed by atoms with Gasteiger partial charge in [-0.1, -0.05) is 36.4 Å². The van der Waals surface area contributed by atoms with E-state index in [1.807, 2.05) is 0 Å². The second-order valence-electron chi connectivity index (χ2n) is 3.80. The molecule has 0 aliphatic carbocycles. The van der Waals surface area contributed by atoms with Crippen molar-refractivity contribution in [2.24, 2.45) is 0 Å². The maximum Gasteiger partial charge on any atom is 0.264 e. The van der Waals surface area contributed by atoms with Crippen LogP contribution in [-0.2, 0) is 14.8 Å². The summed E-state index contributed by atoms with van der Waals surface area (Å²) in [5.74, 6) is 0. The number of nitrogens with zero attached hydrogens (tertiary/aromatic N) is 1. The zero-order valence-electron chi connectivity index (χ0n) is 10.1. The number of rotatable bonds is 5. The third kappa shape index (κ3) is 2.82. The molecule has 0 N–H and O–H groups in total. The molecule has 2 rings (SSSR count). The van der Waals surface area contributed by atoms with Gasteiger partial charge in [-0.05, 0) is 24.3 Å². The van der Waals surface area contributed by atoms with Crippen LogP contribution in [-0.4, -0.2) is 21.2 Å². The lowest BCUT2D eigenvalue weighted by molar-refractivity contribution is 0.553. The van der Waals surface area contributed by atoms with Gasteiger partial charge in [0.25, 0.3) is 10.0 Å². The summed E-state index contributed by atoms with van der Waals surface area (Å²) in [7, 11) is -3.75. The summed E-state index contributed by atoms with van der Waals surface area (Å²) in [5, 5.41) is 0. The first kappa shape index (κ1) is 13.3. The monoisotopic (exact) mass is 274 g/mol. The highest BCUT2D eigenvalue weighted by atomic mass is 32.2. The summed E-state index contributed by atoms with van der Waals surface area (Å²) in [4.78, 5) is 10.8. The molecule has 0 aromatic heterocycles. The molecule has 4 nitrogen and oxygen atoms in total. The molecule has 0 saturated heterocycles. The van der Waals surface area contributed by atoms with Gasteiger partial charge in [-0.3, -0.25) is 9.10 Å². The van der Waals surface area contributed by atoms with Crippen molar-refractivity contribution in [3.05, 3.63) is 60.7 Å². The molecule has 0 aliphatic rings. The van der Waals surface area contributed by atoms with Gasteiger partial charge in [0.1, 0.15) is 6.54 Å². The third-order valence-electron chi connectivity index (χ3n) is 2.58. The molecule has 0 atom stereocenters. The zero-order valence-corrected chi connectivity index (χ0v) is 10.9. The van der Waals surface area contributed by atoms with Crippen LogP contribution in [0.4, 0.5) is 5.69 Å². The van der Waals surface area contributed by atoms with E-state index < -0.39 is 10.0 Å². The molecule has 0 spiro atoms. The lowest BCUT2D eigenvalue weighted by Gasteiger charge is -2.21. The Labute approximate surface area is 112 Å². The van der Waals surface area contributed by atoms with Crippen LogP contribution in [0.1, 0.15) is 0 Å². The number of hydrogen-bond donors (Lipinski definition) is 0. The second-order valence-corrected chi connectivity index (χ2v) is 5.67. The number of anilines is 1. The Kier molecular flexibility index (Phi) is 3.97. The largest absolute Gasteiger partial charge is 0.289 e. The van der Waals surface area contributed by atoms with Crippen molar-refractivity contribution in [2.45, 2.75) is 4.90 Å². The minimum Gasteiger partial charge on any atom is -0.289 e. The quantitative estimate of drug-likeness (QED) is 0.838. The van der Waals surface area contributed by atoms with E-state index in [1.165, 1.54) is 12.1 Å². The highest BCUT2D eigenvalue weighted by molar-refractivity contribution is 7.92. The predicted molar refractivity (Wildman–Crippen MR) is 73.1 cm³/mol. The molecule has 0 bridgehead atoms. The minimum absolute atomic E-state index is 0.147. The maximum atomic E-state index is 12.5. The van der Waals surface area contributed by atoms with Crippen molar-refractivity contribution in [1.82, 2.24) is 0 Å². The molecule has 19 heavy (non-hydrogen) atoms. The average molecular weight is 274 g/mol. The topological polar surface area (TPSA) is 54.5 Å². The summed E-state index contributed by atoms with van der Waals surface area (Å²) in [6, 6.07) is 16.5. The van der Waals surface area contributed by atoms with Crippen LogP contribution in [0.5, 0.6) is 0 Å². The van der Waals surface area contributed by atoms with E-state index in [9.17, 15) is 13.2 Å². The van der Waals surface area contributed by atoms with Crippen molar-refractivity contribution in [3.8, 4) is 0 Å². The van der Waals surface area contributed by atoms with E-state index in [-0.39, 0.29) is 11.4 Å². The molecule has 0 fully saturated rings. The Hall–Kier alpha value is -2.14. The molecular formula is C14H12NO3S. The zero-order chi connectivity index (χ0) is 13.7. The van der Waals surface area contributed by atoms with Gasteiger partial charge in [0.05, 0.1) is 10.6 Å². The van der Waals surface area contributed by atoms with E-state index in [1.54, 1.807) is 54.8 Å². The summed E-state index contributed by atoms with van der Waals surface area (Å²) in [6.45, 7) is -0.332. The van der Waals surface area contributed by atoms with Crippen LogP contribution in [0.25, 0.3) is 0 Å². The average Bonchev–Trinajstić information content (AvgIpc) is 2.46. The first-order valence-electron chi connectivity index (χ1n) is 5.64. The maximum absolute atomic E-state index is 12.5. The van der Waals surface area contributed by atoms with Gasteiger partial charge in [0, 0.05) is 0 Å². The molecular weight excluding hydrogens is 262 g/mol. The Morgan fingerprint density at radius 1 is 0.895 bits per heavy atom. The van der Waals surface area contributed by atoms with Crippen LogP contribution in [0.2, 0.25) is 0 Å². The molecule has 97 valence electrons. The van der Waals surface area contributed by atoms with Crippen LogP contribution < -0.4 is 4.31 Å². The number of benzene rings is 2. The molecule has 2 aromatic carbocycles. The van der Waals surface area contributed by atoms with Crippen molar-refractivity contribution in [2.75, 3.05) is 10.8 Å². The van der Waals surface area contributed by atoms with Gasteiger partial charge in [-0.2, -0.15) is 0 Å². The normalized spacial score (nSPS) is 10.9. The fraction of sp³-hybridized carbons (Fsp3) is 0.0714. The molecule has 1 radical (unpaired) electrons. The van der Waals surface area contributed by atoms with E-state index in [0.29, 0.717) is 5.69 Å². The number of para-hydroxylation sites is 1. The molecule has 0 aliphatic heterocycles. The van der Waals surface area contributed by atoms with E-state index in [0.717, 1.165) is 4.31 Å². The Morgan fingerprint density at radius 2 is 1.42 bits per heavy atom. The molecule has 0 unspecified atom stereocenters. The summed E-state index contributed by atoms with van der Waals surface area (Å²) in [6.07, 6.45) is 1.64. The number of carbonyl (C=O) groups excluding carboxylic acids is 1. The van der Waals surface area contributed by atoms with Crippen molar-refractivity contribution in [1.29, 1.82) is 0 Å². The lowest BCUT2D eigenvalue weighted by atomic mass is 10.3. The van der Waals surface area contributed by atoms with Gasteiger partial charge >= 0.3 is 0 Å². The Balaban J connectivity index is 2.48. The van der Waals surface area contributed by atoms with Gasteiger partial charge in [-0.15, -0.1) is 0 Å². The fourth-order valence-electron chi connectivity index (χ4n) is 1.69. The van der Waals surface area contributed by atoms with Crippen LogP contribution in [0.3, 0.4) is 0 Å². The lowest BCUT2D eigenvalue weighted by Crippen LogP contribution is -2.32. The Bertz CT molecular complexity index is 639. The summed E-state index contributed by atoms with van der Waals surface area (Å²) < 4.78 is 26.0. The van der Waals surface area contributed by atoms with E-state index in [2.05, 4.69) is 0 Å². The van der Waals surface area contributed by atoms with Gasteiger partial charge in [-0.25, -0.2) is 8.42 Å². The van der Waals surface area contributed by atoms with Crippen molar-refractivity contribution >= 4 is 22.0 Å². The van der Waals surface area contributed by atoms with Gasteiger partial charge in [0.2, 0.25) is 6.29 Å². The SMILES string of the molecule is O=[C]CN(c1ccccc1)S(=O)(=O)c1ccccc1. The molecule has 0 saturated carbocycles. The number of hydrogen-bond acceptors (Lipinski definition) is 3. The van der Waals surface area contributed by atoms with Crippen molar-refractivity contribution in [3.63, 3.8) is 0 Å². The Morgan fingerprint density at radius 3 is 1.95 bits per heavy atom. The van der Waals surface area contributed by atoms with Gasteiger partial charge in [0.15, 0.2) is 0 Å². The highest BCUT2D eigenvalue weighted by Crippen LogP contribution is 2.22. The van der Waals surface area contributed by atoms with Crippen LogP contribution >= 0.6 is 0 Å². The van der Waals surface area contributed by atoms with Crippen LogP contribution in [0.15, 0.2) is 65.6 Å². The minimum atomic E-state index is -3.75. The van der Waals surface area contributed by atoms with Crippen molar-refractivity contribution < 1.29 is 13.2 Å². The third-order valence-corrected chi connectivity index (χ3v) is 4.37. The molecule has 0 heterocycles. The predicted octanol–water partition coefficient (Wildman–Crippen LogP) is 1.99. The summed E-state index contributed by atoms with van der Waals surface area (Å²) in [5.41, 5.74) is 0.440. The van der Waals surface area contributed by atoms with Gasteiger partial charge < -0.3 is 0 Å². The summed E-state index contributed by atoms with van der Waals surface area (Å²) >= 11 is 0.